The molecule has 8 atom stereocenters. The maximum atomic E-state index is 13.1. The van der Waals surface area contributed by atoms with Crippen LogP contribution in [0.15, 0.2) is 34.9 Å². The van der Waals surface area contributed by atoms with Crippen LogP contribution in [0.3, 0.4) is 0 Å². The average Bonchev–Trinajstić information content (AvgIpc) is 3.00. The molecule has 0 aromatic heterocycles. The second-order valence-electron chi connectivity index (χ2n) is 12.1. The van der Waals surface area contributed by atoms with E-state index in [1.807, 2.05) is 26.8 Å². The van der Waals surface area contributed by atoms with Crippen LogP contribution in [0.4, 0.5) is 0 Å². The normalized spacial score (nSPS) is 47.9. The number of carbonyl (C=O) groups excluding carboxylic acids is 2. The first-order valence-corrected chi connectivity index (χ1v) is 12.7. The minimum Gasteiger partial charge on any atom is -0.455 e. The predicted molar refractivity (Wildman–Crippen MR) is 127 cm³/mol. The van der Waals surface area contributed by atoms with Gasteiger partial charge in [-0.2, -0.15) is 0 Å². The zero-order valence-electron chi connectivity index (χ0n) is 21.0. The van der Waals surface area contributed by atoms with Gasteiger partial charge in [0.05, 0.1) is 11.0 Å². The summed E-state index contributed by atoms with van der Waals surface area (Å²) in [6.45, 7) is 9.01. The maximum Gasteiger partial charge on any atom is 0.334 e. The van der Waals surface area contributed by atoms with Gasteiger partial charge in [-0.1, -0.05) is 30.7 Å². The van der Waals surface area contributed by atoms with Crippen LogP contribution >= 0.6 is 0 Å². The second-order valence-corrected chi connectivity index (χ2v) is 12.1. The molecule has 2 fully saturated rings. The Hall–Kier alpha value is -1.76. The summed E-state index contributed by atoms with van der Waals surface area (Å²) in [6, 6.07) is 0. The highest BCUT2D eigenvalue weighted by Crippen LogP contribution is 2.70. The summed E-state index contributed by atoms with van der Waals surface area (Å²) in [5, 5.41) is 36.5. The Kier molecular flexibility index (Phi) is 5.03. The van der Waals surface area contributed by atoms with Crippen LogP contribution in [0.5, 0.6) is 0 Å². The summed E-state index contributed by atoms with van der Waals surface area (Å²) in [5.41, 5.74) is -3.87. The molecule has 0 radical (unpaired) electrons. The van der Waals surface area contributed by atoms with Gasteiger partial charge in [0.1, 0.15) is 23.1 Å². The molecule has 6 nitrogen and oxygen atoms in total. The number of cyclic esters (lactones) is 1. The number of esters is 1. The quantitative estimate of drug-likeness (QED) is 0.534. The molecule has 6 heteroatoms. The van der Waals surface area contributed by atoms with Gasteiger partial charge in [-0.3, -0.25) is 4.79 Å². The van der Waals surface area contributed by atoms with Crippen LogP contribution in [0.1, 0.15) is 79.6 Å². The standard InChI is InChI=1S/C28H38O6/c1-16-15-22(34-23(30)17(16)2)26(5,31)28(33)14-13-27(32)20-10-9-18-7-6-8-21(29)25(18,4)19(20)11-12-24(27,28)3/h6-7,9,19-20,22,31-33H,8,10-15H2,1-5H3/t19-,20+,22?,24-,25-,26-,27-,28+/m0/s1. The van der Waals surface area contributed by atoms with E-state index in [0.29, 0.717) is 44.1 Å². The Balaban J connectivity index is 1.54. The van der Waals surface area contributed by atoms with E-state index in [0.717, 1.165) is 11.1 Å². The van der Waals surface area contributed by atoms with Crippen molar-refractivity contribution in [2.45, 2.75) is 102 Å². The van der Waals surface area contributed by atoms with E-state index in [1.165, 1.54) is 0 Å². The maximum absolute atomic E-state index is 13.1. The minimum absolute atomic E-state index is 0.0179. The number of ketones is 1. The monoisotopic (exact) mass is 470 g/mol. The Labute approximate surface area is 201 Å². The molecule has 186 valence electrons. The molecule has 1 unspecified atom stereocenters. The number of carbonyl (C=O) groups is 2. The van der Waals surface area contributed by atoms with Gasteiger partial charge in [-0.25, -0.2) is 4.79 Å². The fraction of sp³-hybridized carbons (Fsp3) is 0.714. The topological polar surface area (TPSA) is 104 Å². The number of Topliss-reactive ketones (excluding diaryl/α,β-unsaturated/α-hetero) is 1. The Morgan fingerprint density at radius 2 is 1.79 bits per heavy atom. The fourth-order valence-electron chi connectivity index (χ4n) is 8.38. The third kappa shape index (κ3) is 2.63. The lowest BCUT2D eigenvalue weighted by Crippen LogP contribution is -2.72. The predicted octanol–water partition coefficient (Wildman–Crippen LogP) is 3.54. The first-order valence-electron chi connectivity index (χ1n) is 12.7. The SMILES string of the molecule is CC1=C(C)C(=O)OC([C@](C)(O)[C@@]2(O)CC[C@]3(O)[C@@H]4CC=C5C=CCC(=O)[C@]5(C)[C@H]4CC[C@]23C)C1. The van der Waals surface area contributed by atoms with Gasteiger partial charge in [0, 0.05) is 23.8 Å². The minimum atomic E-state index is -1.75. The van der Waals surface area contributed by atoms with Crippen molar-refractivity contribution in [1.82, 2.24) is 0 Å². The highest BCUT2D eigenvalue weighted by atomic mass is 16.6. The molecule has 0 aromatic carbocycles. The van der Waals surface area contributed by atoms with Gasteiger partial charge >= 0.3 is 5.97 Å². The first-order chi connectivity index (χ1) is 15.7. The van der Waals surface area contributed by atoms with Crippen LogP contribution in [-0.4, -0.2) is 50.0 Å². The van der Waals surface area contributed by atoms with Gasteiger partial charge < -0.3 is 20.1 Å². The zero-order chi connectivity index (χ0) is 24.9. The summed E-state index contributed by atoms with van der Waals surface area (Å²) in [6.07, 6.45) is 8.25. The van der Waals surface area contributed by atoms with Crippen LogP contribution in [0.2, 0.25) is 0 Å². The number of hydrogen-bond donors (Lipinski definition) is 3. The largest absolute Gasteiger partial charge is 0.455 e. The van der Waals surface area contributed by atoms with E-state index in [9.17, 15) is 24.9 Å². The molecule has 0 aromatic rings. The first kappa shape index (κ1) is 24.0. The van der Waals surface area contributed by atoms with Gasteiger partial charge in [0.2, 0.25) is 0 Å². The Morgan fingerprint density at radius 3 is 2.47 bits per heavy atom. The second kappa shape index (κ2) is 7.14. The summed E-state index contributed by atoms with van der Waals surface area (Å²) in [5.74, 6) is -0.495. The molecule has 0 spiro atoms. The third-order valence-electron chi connectivity index (χ3n) is 11.1. The van der Waals surface area contributed by atoms with E-state index in [1.54, 1.807) is 13.8 Å². The van der Waals surface area contributed by atoms with Gasteiger partial charge in [0.25, 0.3) is 0 Å². The average molecular weight is 471 g/mol. The zero-order valence-corrected chi connectivity index (χ0v) is 21.0. The van der Waals surface area contributed by atoms with Crippen molar-refractivity contribution in [2.75, 3.05) is 0 Å². The number of hydrogen-bond acceptors (Lipinski definition) is 6. The van der Waals surface area contributed by atoms with Crippen LogP contribution in [0, 0.1) is 22.7 Å². The van der Waals surface area contributed by atoms with Crippen molar-refractivity contribution >= 4 is 11.8 Å². The molecule has 5 rings (SSSR count). The van der Waals surface area contributed by atoms with Gasteiger partial charge in [-0.15, -0.1) is 0 Å². The van der Waals surface area contributed by atoms with E-state index in [-0.39, 0.29) is 24.0 Å². The van der Waals surface area contributed by atoms with Crippen molar-refractivity contribution in [3.05, 3.63) is 34.9 Å². The number of ether oxygens (including phenoxy) is 1. The van der Waals surface area contributed by atoms with E-state index < -0.39 is 39.7 Å². The molecule has 5 aliphatic rings. The van der Waals surface area contributed by atoms with E-state index in [4.69, 9.17) is 4.74 Å². The van der Waals surface area contributed by atoms with Gasteiger partial charge in [0.15, 0.2) is 0 Å². The lowest BCUT2D eigenvalue weighted by molar-refractivity contribution is -0.279. The molecule has 1 heterocycles. The van der Waals surface area contributed by atoms with Crippen LogP contribution < -0.4 is 0 Å². The Morgan fingerprint density at radius 1 is 1.09 bits per heavy atom. The molecular formula is C28H38O6. The highest BCUT2D eigenvalue weighted by Gasteiger charge is 2.76. The van der Waals surface area contributed by atoms with Crippen LogP contribution in [0.25, 0.3) is 0 Å². The lowest BCUT2D eigenvalue weighted by atomic mass is 9.44. The van der Waals surface area contributed by atoms with Crippen molar-refractivity contribution in [3.8, 4) is 0 Å². The summed E-state index contributed by atoms with van der Waals surface area (Å²) < 4.78 is 5.63. The highest BCUT2D eigenvalue weighted by molar-refractivity contribution is 5.92. The fourth-order valence-corrected chi connectivity index (χ4v) is 8.38. The number of aliphatic hydroxyl groups is 3. The van der Waals surface area contributed by atoms with Crippen molar-refractivity contribution in [2.24, 2.45) is 22.7 Å². The lowest BCUT2D eigenvalue weighted by Gasteiger charge is -2.63. The molecule has 1 aliphatic heterocycles. The molecule has 0 saturated heterocycles. The summed E-state index contributed by atoms with van der Waals surface area (Å²) in [7, 11) is 0. The molecular weight excluding hydrogens is 432 g/mol. The molecule has 2 saturated carbocycles. The number of rotatable bonds is 2. The third-order valence-corrected chi connectivity index (χ3v) is 11.1. The van der Waals surface area contributed by atoms with Crippen molar-refractivity contribution < 1.29 is 29.6 Å². The smallest absolute Gasteiger partial charge is 0.334 e. The van der Waals surface area contributed by atoms with Crippen LogP contribution in [-0.2, 0) is 14.3 Å². The summed E-state index contributed by atoms with van der Waals surface area (Å²) in [4.78, 5) is 25.6. The van der Waals surface area contributed by atoms with Crippen molar-refractivity contribution in [3.63, 3.8) is 0 Å². The molecule has 3 N–H and O–H groups in total. The molecule has 4 aliphatic carbocycles. The molecule has 0 bridgehead atoms. The summed E-state index contributed by atoms with van der Waals surface area (Å²) >= 11 is 0. The van der Waals surface area contributed by atoms with E-state index in [2.05, 4.69) is 12.2 Å². The number of allylic oxidation sites excluding steroid dienone is 4. The Bertz CT molecular complexity index is 1050. The molecule has 0 amide bonds. The van der Waals surface area contributed by atoms with Gasteiger partial charge in [-0.05, 0) is 77.2 Å². The van der Waals surface area contributed by atoms with E-state index >= 15 is 0 Å². The van der Waals surface area contributed by atoms with Crippen molar-refractivity contribution in [1.29, 1.82) is 0 Å². The number of fused-ring (bicyclic) bond motifs is 5. The molecule has 34 heavy (non-hydrogen) atoms.